The maximum absolute atomic E-state index is 13.0. The second kappa shape index (κ2) is 8.02. The summed E-state index contributed by atoms with van der Waals surface area (Å²) in [6.07, 6.45) is 4.01. The fourth-order valence-corrected chi connectivity index (χ4v) is 4.13. The minimum atomic E-state index is -0.146. The standard InChI is InChI=1S/C26H23N5O2/c1-16-29-24-22(27-13-12-23(24)31(16)26(33)30(2)3)14-17-8-10-18(11-9-17)25(32)20-15-28-21-7-5-4-6-19(20)21/h4-13,15,28H,14H2,1-3H3. The Bertz CT molecular complexity index is 1510. The molecule has 5 rings (SSSR count). The summed E-state index contributed by atoms with van der Waals surface area (Å²) in [7, 11) is 3.43. The highest BCUT2D eigenvalue weighted by atomic mass is 16.2. The Morgan fingerprint density at radius 2 is 1.79 bits per heavy atom. The highest BCUT2D eigenvalue weighted by molar-refractivity contribution is 6.16. The molecule has 0 fully saturated rings. The van der Waals surface area contributed by atoms with Crippen molar-refractivity contribution in [3.8, 4) is 0 Å². The van der Waals surface area contributed by atoms with Gasteiger partial charge in [-0.15, -0.1) is 0 Å². The lowest BCUT2D eigenvalue weighted by molar-refractivity contribution is 0.104. The lowest BCUT2D eigenvalue weighted by Gasteiger charge is -2.12. The first kappa shape index (κ1) is 20.6. The maximum Gasteiger partial charge on any atom is 0.329 e. The molecule has 0 aliphatic rings. The number of carbonyl (C=O) groups is 2. The van der Waals surface area contributed by atoms with Gasteiger partial charge < -0.3 is 9.88 Å². The number of aromatic nitrogens is 4. The Morgan fingerprint density at radius 1 is 1.03 bits per heavy atom. The van der Waals surface area contributed by atoms with E-state index in [0.717, 1.165) is 27.7 Å². The van der Waals surface area contributed by atoms with Gasteiger partial charge in [0.1, 0.15) is 11.3 Å². The minimum Gasteiger partial charge on any atom is -0.360 e. The average molecular weight is 438 g/mol. The number of ketones is 1. The molecule has 3 aromatic heterocycles. The van der Waals surface area contributed by atoms with Crippen molar-refractivity contribution in [2.75, 3.05) is 14.1 Å². The van der Waals surface area contributed by atoms with Crippen molar-refractivity contribution in [3.63, 3.8) is 0 Å². The molecule has 2 aromatic carbocycles. The van der Waals surface area contributed by atoms with Crippen LogP contribution in [0.25, 0.3) is 21.9 Å². The van der Waals surface area contributed by atoms with Gasteiger partial charge in [-0.3, -0.25) is 9.78 Å². The van der Waals surface area contributed by atoms with Gasteiger partial charge in [0.15, 0.2) is 5.78 Å². The Kier molecular flexibility index (Phi) is 5.01. The van der Waals surface area contributed by atoms with Crippen LogP contribution in [-0.4, -0.2) is 50.3 Å². The molecular weight excluding hydrogens is 414 g/mol. The van der Waals surface area contributed by atoms with Gasteiger partial charge in [-0.25, -0.2) is 14.3 Å². The van der Waals surface area contributed by atoms with Crippen LogP contribution in [0.3, 0.4) is 0 Å². The van der Waals surface area contributed by atoms with Crippen LogP contribution in [0, 0.1) is 6.92 Å². The first-order chi connectivity index (χ1) is 15.9. The topological polar surface area (TPSA) is 83.9 Å². The number of carbonyl (C=O) groups excluding carboxylic acids is 2. The highest BCUT2D eigenvalue weighted by Gasteiger charge is 2.19. The largest absolute Gasteiger partial charge is 0.360 e. The summed E-state index contributed by atoms with van der Waals surface area (Å²) >= 11 is 0. The zero-order valence-electron chi connectivity index (χ0n) is 18.7. The Balaban J connectivity index is 1.43. The van der Waals surface area contributed by atoms with E-state index in [4.69, 9.17) is 0 Å². The molecule has 3 heterocycles. The number of benzene rings is 2. The van der Waals surface area contributed by atoms with Crippen LogP contribution >= 0.6 is 0 Å². The van der Waals surface area contributed by atoms with Crippen molar-refractivity contribution in [2.24, 2.45) is 0 Å². The van der Waals surface area contributed by atoms with Crippen LogP contribution in [0.5, 0.6) is 0 Å². The molecule has 7 heteroatoms. The number of H-pyrrole nitrogens is 1. The molecule has 0 aliphatic heterocycles. The van der Waals surface area contributed by atoms with Crippen molar-refractivity contribution in [1.29, 1.82) is 0 Å². The first-order valence-corrected chi connectivity index (χ1v) is 10.7. The number of aromatic amines is 1. The molecule has 0 radical (unpaired) electrons. The first-order valence-electron chi connectivity index (χ1n) is 10.7. The van der Waals surface area contributed by atoms with Crippen LogP contribution in [0.4, 0.5) is 4.79 Å². The summed E-state index contributed by atoms with van der Waals surface area (Å²) in [5.41, 5.74) is 5.49. The third-order valence-electron chi connectivity index (χ3n) is 5.81. The van der Waals surface area contributed by atoms with Crippen LogP contribution in [0.2, 0.25) is 0 Å². The van der Waals surface area contributed by atoms with Gasteiger partial charge in [-0.05, 0) is 24.6 Å². The fourth-order valence-electron chi connectivity index (χ4n) is 4.13. The second-order valence-electron chi connectivity index (χ2n) is 8.25. The fraction of sp³-hybridized carbons (Fsp3) is 0.154. The van der Waals surface area contributed by atoms with Gasteiger partial charge in [-0.1, -0.05) is 42.5 Å². The van der Waals surface area contributed by atoms with Gasteiger partial charge in [0.25, 0.3) is 0 Å². The van der Waals surface area contributed by atoms with Gasteiger partial charge in [0, 0.05) is 54.9 Å². The summed E-state index contributed by atoms with van der Waals surface area (Å²) in [6, 6.07) is 17.0. The summed E-state index contributed by atoms with van der Waals surface area (Å²) in [6.45, 7) is 1.82. The summed E-state index contributed by atoms with van der Waals surface area (Å²) < 4.78 is 1.60. The molecule has 0 spiro atoms. The van der Waals surface area contributed by atoms with Crippen molar-refractivity contribution >= 4 is 33.8 Å². The van der Waals surface area contributed by atoms with Gasteiger partial charge in [0.05, 0.1) is 11.2 Å². The number of aryl methyl sites for hydroxylation is 1. The number of pyridine rings is 1. The van der Waals surface area contributed by atoms with Crippen LogP contribution in [0.1, 0.15) is 33.0 Å². The van der Waals surface area contributed by atoms with Gasteiger partial charge >= 0.3 is 6.03 Å². The predicted octanol–water partition coefficient (Wildman–Crippen LogP) is 4.57. The molecule has 33 heavy (non-hydrogen) atoms. The van der Waals surface area contributed by atoms with E-state index in [0.29, 0.717) is 28.9 Å². The molecule has 0 saturated carbocycles. The number of hydrogen-bond acceptors (Lipinski definition) is 4. The molecular formula is C26H23N5O2. The number of para-hydroxylation sites is 1. The van der Waals surface area contributed by atoms with Crippen molar-refractivity contribution < 1.29 is 9.59 Å². The van der Waals surface area contributed by atoms with E-state index >= 15 is 0 Å². The van der Waals surface area contributed by atoms with Crippen LogP contribution < -0.4 is 0 Å². The molecule has 0 unspecified atom stereocenters. The van der Waals surface area contributed by atoms with Crippen molar-refractivity contribution in [2.45, 2.75) is 13.3 Å². The second-order valence-corrected chi connectivity index (χ2v) is 8.25. The van der Waals surface area contributed by atoms with E-state index in [-0.39, 0.29) is 11.8 Å². The molecule has 0 saturated heterocycles. The smallest absolute Gasteiger partial charge is 0.329 e. The normalized spacial score (nSPS) is 11.2. The Morgan fingerprint density at radius 3 is 2.55 bits per heavy atom. The molecule has 0 atom stereocenters. The number of nitrogens with one attached hydrogen (secondary N) is 1. The van der Waals surface area contributed by atoms with E-state index in [1.807, 2.05) is 61.5 Å². The summed E-state index contributed by atoms with van der Waals surface area (Å²) in [5.74, 6) is 0.605. The lowest BCUT2D eigenvalue weighted by Crippen LogP contribution is -2.27. The van der Waals surface area contributed by atoms with E-state index in [1.165, 1.54) is 4.90 Å². The summed E-state index contributed by atoms with van der Waals surface area (Å²) in [4.78, 5) is 39.4. The number of rotatable bonds is 4. The number of fused-ring (bicyclic) bond motifs is 2. The third-order valence-corrected chi connectivity index (χ3v) is 5.81. The van der Waals surface area contributed by atoms with Crippen molar-refractivity contribution in [1.82, 2.24) is 24.4 Å². The van der Waals surface area contributed by atoms with E-state index in [9.17, 15) is 9.59 Å². The monoisotopic (exact) mass is 437 g/mol. The van der Waals surface area contributed by atoms with Crippen LogP contribution in [-0.2, 0) is 6.42 Å². The number of amides is 1. The number of imidazole rings is 1. The quantitative estimate of drug-likeness (QED) is 0.418. The van der Waals surface area contributed by atoms with E-state index in [2.05, 4.69) is 15.0 Å². The van der Waals surface area contributed by atoms with E-state index in [1.54, 1.807) is 31.1 Å². The SMILES string of the molecule is Cc1nc2c(Cc3ccc(C(=O)c4c[nH]c5ccccc45)cc3)nccc2n1C(=O)N(C)C. The Hall–Kier alpha value is -4.26. The summed E-state index contributed by atoms with van der Waals surface area (Å²) in [5, 5.41) is 0.917. The molecule has 7 nitrogen and oxygen atoms in total. The van der Waals surface area contributed by atoms with Crippen molar-refractivity contribution in [3.05, 3.63) is 95.2 Å². The van der Waals surface area contributed by atoms with Gasteiger partial charge in [0.2, 0.25) is 0 Å². The number of hydrogen-bond donors (Lipinski definition) is 1. The minimum absolute atomic E-state index is 0.0178. The average Bonchev–Trinajstić information content (AvgIpc) is 3.40. The maximum atomic E-state index is 13.0. The lowest BCUT2D eigenvalue weighted by atomic mass is 10.00. The molecule has 1 amide bonds. The molecule has 0 aliphatic carbocycles. The molecule has 0 bridgehead atoms. The molecule has 1 N–H and O–H groups in total. The zero-order chi connectivity index (χ0) is 23.1. The number of nitrogens with zero attached hydrogens (tertiary/aromatic N) is 4. The van der Waals surface area contributed by atoms with Gasteiger partial charge in [-0.2, -0.15) is 0 Å². The highest BCUT2D eigenvalue weighted by Crippen LogP contribution is 2.23. The zero-order valence-corrected chi connectivity index (χ0v) is 18.7. The molecule has 164 valence electrons. The third kappa shape index (κ3) is 3.57. The Labute approximate surface area is 190 Å². The molecule has 5 aromatic rings. The van der Waals surface area contributed by atoms with Crippen LogP contribution in [0.15, 0.2) is 67.0 Å². The predicted molar refractivity (Wildman–Crippen MR) is 128 cm³/mol. The van der Waals surface area contributed by atoms with E-state index < -0.39 is 0 Å².